The predicted molar refractivity (Wildman–Crippen MR) is 146 cm³/mol. The summed E-state index contributed by atoms with van der Waals surface area (Å²) in [5.74, 6) is 0.0512. The van der Waals surface area contributed by atoms with E-state index in [1.807, 2.05) is 0 Å². The molecule has 0 radical (unpaired) electrons. The number of phosphoric ester groups is 1. The molecule has 23 heteroatoms. The maximum Gasteiger partial charge on any atom is 0.697 e. The van der Waals surface area contributed by atoms with Crippen LogP contribution in [0.25, 0.3) is 22.2 Å². The normalized spacial score (nSPS) is 36.7. The van der Waals surface area contributed by atoms with Crippen molar-refractivity contribution in [1.82, 2.24) is 33.9 Å². The Labute approximate surface area is 249 Å². The van der Waals surface area contributed by atoms with E-state index < -0.39 is 77.2 Å². The Hall–Kier alpha value is -3.07. The molecule has 232 valence electrons. The average Bonchev–Trinajstić information content (AvgIpc) is 3.79. The van der Waals surface area contributed by atoms with Crippen LogP contribution in [0, 0.1) is 0 Å². The van der Waals surface area contributed by atoms with E-state index in [1.54, 1.807) is 0 Å². The lowest BCUT2D eigenvalue weighted by molar-refractivity contribution is -0.183. The molecule has 0 saturated carbocycles. The van der Waals surface area contributed by atoms with Crippen molar-refractivity contribution in [3.05, 3.63) is 27.9 Å². The Morgan fingerprint density at radius 3 is 2.91 bits per heavy atom. The van der Waals surface area contributed by atoms with Gasteiger partial charge in [0.05, 0.1) is 30.5 Å². The van der Waals surface area contributed by atoms with Gasteiger partial charge >= 0.3 is 16.1 Å². The monoisotopic (exact) mass is 670 g/mol. The smallest absolute Gasteiger partial charge is 0.382 e. The number of hydrogen-bond donors (Lipinski definition) is 4. The first-order valence-electron chi connectivity index (χ1n) is 13.1. The number of ether oxygens (including phenoxy) is 3. The van der Waals surface area contributed by atoms with Gasteiger partial charge in [-0.1, -0.05) is 0 Å². The van der Waals surface area contributed by atoms with Crippen LogP contribution in [0.1, 0.15) is 23.6 Å². The first kappa shape index (κ1) is 28.4. The van der Waals surface area contributed by atoms with E-state index in [-0.39, 0.29) is 36.0 Å². The zero-order valence-corrected chi connectivity index (χ0v) is 24.7. The first-order chi connectivity index (χ1) is 21.1. The third-order valence-corrected chi connectivity index (χ3v) is 10.5. The topological polar surface area (TPSA) is 273 Å². The van der Waals surface area contributed by atoms with Gasteiger partial charge in [-0.15, -0.1) is 9.05 Å². The molecule has 4 aromatic heterocycles. The lowest BCUT2D eigenvalue weighted by Gasteiger charge is -2.30. The number of aromatic nitrogens is 7. The molecule has 9 atom stereocenters. The van der Waals surface area contributed by atoms with Gasteiger partial charge in [0.15, 0.2) is 28.8 Å². The molecule has 0 aliphatic carbocycles. The Kier molecular flexibility index (Phi) is 6.60. The van der Waals surface area contributed by atoms with Crippen molar-refractivity contribution in [3.8, 4) is 0 Å². The number of phosphoric acid groups is 1. The average molecular weight is 670 g/mol. The van der Waals surface area contributed by atoms with Crippen LogP contribution in [-0.4, -0.2) is 88.6 Å². The molecule has 4 aromatic rings. The first-order valence-corrected chi connectivity index (χ1v) is 16.4. The molecule has 2 unspecified atom stereocenters. The van der Waals surface area contributed by atoms with Crippen LogP contribution < -0.4 is 17.0 Å². The molecule has 4 aliphatic rings. The summed E-state index contributed by atoms with van der Waals surface area (Å²) in [5, 5.41) is 0. The lowest BCUT2D eigenvalue weighted by Crippen LogP contribution is -2.45. The Morgan fingerprint density at radius 2 is 2.05 bits per heavy atom. The summed E-state index contributed by atoms with van der Waals surface area (Å²) in [6.45, 7) is -1.02. The summed E-state index contributed by atoms with van der Waals surface area (Å²) < 4.78 is 72.7. The highest BCUT2D eigenvalue weighted by atomic mass is 32.1. The van der Waals surface area contributed by atoms with E-state index in [2.05, 4.69) is 29.3 Å². The fourth-order valence-electron chi connectivity index (χ4n) is 5.80. The third kappa shape index (κ3) is 4.55. The van der Waals surface area contributed by atoms with Crippen molar-refractivity contribution in [3.63, 3.8) is 0 Å². The summed E-state index contributed by atoms with van der Waals surface area (Å²) in [6, 6.07) is 0. The molecule has 20 nitrogen and oxygen atoms in total. The maximum atomic E-state index is 13.3. The Balaban J connectivity index is 1.07. The van der Waals surface area contributed by atoms with Crippen LogP contribution in [0.4, 0.5) is 11.8 Å². The quantitative estimate of drug-likeness (QED) is 0.211. The number of nitrogens with zero attached hydrogens (tertiary/aromatic N) is 6. The molecule has 6 N–H and O–H groups in total. The van der Waals surface area contributed by atoms with Crippen LogP contribution in [0.2, 0.25) is 0 Å². The number of rotatable bonds is 2. The van der Waals surface area contributed by atoms with Crippen LogP contribution in [0.3, 0.4) is 0 Å². The number of nitrogens with two attached hydrogens (primary N) is 2. The van der Waals surface area contributed by atoms with E-state index in [4.69, 9.17) is 43.8 Å². The molecular formula is C21H22N9O11P2S+. The maximum absolute atomic E-state index is 13.3. The van der Waals surface area contributed by atoms with Gasteiger partial charge in [-0.3, -0.25) is 23.4 Å². The van der Waals surface area contributed by atoms with Crippen molar-refractivity contribution in [2.75, 3.05) is 31.3 Å². The number of H-pyrrole nitrogens is 1. The van der Waals surface area contributed by atoms with Gasteiger partial charge in [-0.2, -0.15) is 9.36 Å². The van der Waals surface area contributed by atoms with Crippen molar-refractivity contribution >= 4 is 61.6 Å². The number of imidazole rings is 1. The van der Waals surface area contributed by atoms with Gasteiger partial charge in [-0.25, -0.2) is 19.5 Å². The highest BCUT2D eigenvalue weighted by Crippen LogP contribution is 2.56. The minimum absolute atomic E-state index is 0.0148. The summed E-state index contributed by atoms with van der Waals surface area (Å²) in [5.41, 5.74) is 10.5. The number of anilines is 2. The lowest BCUT2D eigenvalue weighted by atomic mass is 10.0. The van der Waals surface area contributed by atoms with E-state index in [1.165, 1.54) is 17.2 Å². The molecule has 8 rings (SSSR count). The fraction of sp³-hybridized carbons (Fsp3) is 0.524. The van der Waals surface area contributed by atoms with Gasteiger partial charge in [0.1, 0.15) is 48.4 Å². The molecule has 0 amide bonds. The van der Waals surface area contributed by atoms with Gasteiger partial charge in [0.2, 0.25) is 5.95 Å². The van der Waals surface area contributed by atoms with E-state index in [0.29, 0.717) is 15.9 Å². The van der Waals surface area contributed by atoms with Crippen LogP contribution in [-0.2, 0) is 41.4 Å². The molecule has 0 spiro atoms. The molecule has 4 aliphatic heterocycles. The molecular weight excluding hydrogens is 648 g/mol. The van der Waals surface area contributed by atoms with Gasteiger partial charge in [-0.05, 0) is 11.5 Å². The molecule has 4 fully saturated rings. The summed E-state index contributed by atoms with van der Waals surface area (Å²) >= 11 is 1.11. The zero-order chi connectivity index (χ0) is 30.4. The van der Waals surface area contributed by atoms with Gasteiger partial charge in [0.25, 0.3) is 5.56 Å². The van der Waals surface area contributed by atoms with Crippen LogP contribution in [0.5, 0.6) is 0 Å². The number of aromatic amines is 1. The Bertz CT molecular complexity index is 1920. The number of nitrogen functional groups attached to an aromatic ring is 2. The second-order valence-corrected chi connectivity index (χ2v) is 13.6. The minimum atomic E-state index is -4.79. The van der Waals surface area contributed by atoms with Gasteiger partial charge in [0, 0.05) is 11.0 Å². The highest BCUT2D eigenvalue weighted by Gasteiger charge is 2.66. The number of hydrogen-bond acceptors (Lipinski definition) is 18. The largest absolute Gasteiger partial charge is 0.697 e. The summed E-state index contributed by atoms with van der Waals surface area (Å²) in [4.78, 5) is 42.5. The molecule has 4 saturated heterocycles. The zero-order valence-electron chi connectivity index (χ0n) is 22.1. The molecule has 8 heterocycles. The number of nitrogens with one attached hydrogen (secondary N) is 1. The number of fused-ring (bicyclic) bond motifs is 3. The molecule has 0 aromatic carbocycles. The minimum Gasteiger partial charge on any atom is -0.382 e. The summed E-state index contributed by atoms with van der Waals surface area (Å²) in [6.07, 6.45) is -2.97. The molecule has 2 bridgehead atoms. The second kappa shape index (κ2) is 10.2. The second-order valence-electron chi connectivity index (χ2n) is 10.5. The van der Waals surface area contributed by atoms with Crippen molar-refractivity contribution in [2.45, 2.75) is 48.8 Å². The van der Waals surface area contributed by atoms with E-state index in [0.717, 1.165) is 11.5 Å². The SMILES string of the molecule is Nc1nc2c(ncn2[C@@H]2O[C@@]34CO[C@@H]2[C@@H]3OP(=O)(O)OC[C@H]2O[C@@H](c3snc5c(N)ncnc35)C[C@@H]2O[P+](=O)OC4)c(=O)[nH]1. The van der Waals surface area contributed by atoms with Gasteiger partial charge < -0.3 is 30.6 Å². The van der Waals surface area contributed by atoms with Crippen LogP contribution >= 0.6 is 27.6 Å². The highest BCUT2D eigenvalue weighted by molar-refractivity contribution is 7.47. The van der Waals surface area contributed by atoms with Crippen LogP contribution in [0.15, 0.2) is 17.4 Å². The molecule has 44 heavy (non-hydrogen) atoms. The van der Waals surface area contributed by atoms with Crippen molar-refractivity contribution in [2.24, 2.45) is 0 Å². The Morgan fingerprint density at radius 1 is 1.18 bits per heavy atom. The summed E-state index contributed by atoms with van der Waals surface area (Å²) in [7, 11) is -7.55. The fourth-order valence-corrected chi connectivity index (χ4v) is 8.50. The van der Waals surface area contributed by atoms with Crippen molar-refractivity contribution in [1.29, 1.82) is 0 Å². The van der Waals surface area contributed by atoms with E-state index in [9.17, 15) is 18.8 Å². The van der Waals surface area contributed by atoms with E-state index >= 15 is 0 Å². The standard InChI is InChI=1S/C21H21N9O11P2S/c22-16-11-10(24-5-25-16)14(44-29-11)8-1-7-9(38-8)2-37-43(33,34)41-15-13-19(39-21(15,3-35-13)4-36-42(32)40-7)30-6-26-12-17(30)27-20(23)28-18(12)31/h5-9,13,15,19H,1-4H2,(H5-,22,23,24,25,27,28,31,33,34)/p+1/t7-,8+,9+,13+,15-,19+,21+/m0/s1. The van der Waals surface area contributed by atoms with Crippen molar-refractivity contribution < 1.29 is 46.3 Å². The third-order valence-electron chi connectivity index (χ3n) is 7.79. The predicted octanol–water partition coefficient (Wildman–Crippen LogP) is 0.455.